The molecule has 1 aliphatic rings. The number of aromatic nitrogens is 2. The van der Waals surface area contributed by atoms with E-state index in [1.165, 1.54) is 0 Å². The topological polar surface area (TPSA) is 92.6 Å². The van der Waals surface area contributed by atoms with Gasteiger partial charge in [0.15, 0.2) is 18.1 Å². The van der Waals surface area contributed by atoms with Crippen LogP contribution in [0.1, 0.15) is 24.2 Å². The molecular weight excluding hydrogens is 274 g/mol. The molecule has 0 aliphatic carbocycles. The molecule has 0 amide bonds. The van der Waals surface area contributed by atoms with Crippen molar-refractivity contribution in [3.63, 3.8) is 0 Å². The zero-order chi connectivity index (χ0) is 14.8. The van der Waals surface area contributed by atoms with Crippen molar-refractivity contribution in [2.24, 2.45) is 5.73 Å². The Bertz CT molecular complexity index is 639. The second-order valence-electron chi connectivity index (χ2n) is 5.01. The van der Waals surface area contributed by atoms with E-state index in [1.807, 2.05) is 19.1 Å². The van der Waals surface area contributed by atoms with Crippen molar-refractivity contribution >= 4 is 0 Å². The molecule has 0 radical (unpaired) electrons. The summed E-state index contributed by atoms with van der Waals surface area (Å²) in [4.78, 5) is 4.11. The molecule has 1 unspecified atom stereocenters. The van der Waals surface area contributed by atoms with Gasteiger partial charge in [0.2, 0.25) is 18.5 Å². The monoisotopic (exact) mass is 291 g/mol. The first-order chi connectivity index (χ1) is 10.1. The van der Waals surface area contributed by atoms with Crippen molar-refractivity contribution in [3.8, 4) is 17.2 Å². The summed E-state index contributed by atoms with van der Waals surface area (Å²) < 4.78 is 21.5. The first-order valence-electron chi connectivity index (χ1n) is 6.72. The number of hydrogen-bond donors (Lipinski definition) is 1. The van der Waals surface area contributed by atoms with Crippen LogP contribution >= 0.6 is 0 Å². The smallest absolute Gasteiger partial charge is 0.231 e. The summed E-state index contributed by atoms with van der Waals surface area (Å²) in [5.41, 5.74) is 6.85. The number of fused-ring (bicyclic) bond motifs is 1. The van der Waals surface area contributed by atoms with Gasteiger partial charge in [-0.1, -0.05) is 5.16 Å². The van der Waals surface area contributed by atoms with E-state index in [2.05, 4.69) is 10.1 Å². The van der Waals surface area contributed by atoms with Crippen LogP contribution in [0.25, 0.3) is 0 Å². The van der Waals surface area contributed by atoms with E-state index >= 15 is 0 Å². The van der Waals surface area contributed by atoms with E-state index in [1.54, 1.807) is 6.92 Å². The average Bonchev–Trinajstić information content (AvgIpc) is 3.03. The Labute approximate surface area is 122 Å². The molecule has 21 heavy (non-hydrogen) atoms. The van der Waals surface area contributed by atoms with Crippen molar-refractivity contribution in [3.05, 3.63) is 29.4 Å². The van der Waals surface area contributed by atoms with Crippen LogP contribution in [0.4, 0.5) is 0 Å². The van der Waals surface area contributed by atoms with Crippen LogP contribution in [-0.4, -0.2) is 23.0 Å². The SMILES string of the molecule is Cc1nc(COc2cc3c(cc2CC(C)N)OCO3)no1. The molecule has 1 aliphatic heterocycles. The predicted octanol–water partition coefficient (Wildman–Crippen LogP) is 1.58. The zero-order valence-electron chi connectivity index (χ0n) is 12.0. The minimum Gasteiger partial charge on any atom is -0.485 e. The van der Waals surface area contributed by atoms with E-state index in [0.29, 0.717) is 35.4 Å². The van der Waals surface area contributed by atoms with Gasteiger partial charge in [-0.3, -0.25) is 0 Å². The number of aryl methyl sites for hydroxylation is 1. The van der Waals surface area contributed by atoms with Gasteiger partial charge in [-0.25, -0.2) is 0 Å². The fourth-order valence-electron chi connectivity index (χ4n) is 2.15. The largest absolute Gasteiger partial charge is 0.485 e. The van der Waals surface area contributed by atoms with E-state index < -0.39 is 0 Å². The van der Waals surface area contributed by atoms with Gasteiger partial charge in [-0.15, -0.1) is 0 Å². The average molecular weight is 291 g/mol. The van der Waals surface area contributed by atoms with Gasteiger partial charge in [0.05, 0.1) is 0 Å². The lowest BCUT2D eigenvalue weighted by atomic mass is 10.1. The highest BCUT2D eigenvalue weighted by molar-refractivity contribution is 5.52. The molecule has 2 heterocycles. The Morgan fingerprint density at radius 2 is 2.10 bits per heavy atom. The molecule has 1 atom stereocenters. The molecule has 7 nitrogen and oxygen atoms in total. The lowest BCUT2D eigenvalue weighted by Gasteiger charge is -2.13. The molecule has 3 rings (SSSR count). The standard InChI is InChI=1S/C14H17N3O4/c1-8(15)3-10-4-12-13(20-7-19-12)5-11(10)18-6-14-16-9(2)21-17-14/h4-5,8H,3,6-7,15H2,1-2H3. The van der Waals surface area contributed by atoms with Crippen LogP contribution in [0.15, 0.2) is 16.7 Å². The molecule has 7 heteroatoms. The lowest BCUT2D eigenvalue weighted by molar-refractivity contribution is 0.173. The summed E-state index contributed by atoms with van der Waals surface area (Å²) in [5, 5.41) is 3.80. The molecule has 0 saturated heterocycles. The first kappa shape index (κ1) is 13.7. The van der Waals surface area contributed by atoms with Gasteiger partial charge in [0.1, 0.15) is 5.75 Å². The number of nitrogens with two attached hydrogens (primary N) is 1. The highest BCUT2D eigenvalue weighted by Crippen LogP contribution is 2.38. The van der Waals surface area contributed by atoms with E-state index in [0.717, 1.165) is 5.56 Å². The van der Waals surface area contributed by atoms with E-state index in [4.69, 9.17) is 24.5 Å². The maximum atomic E-state index is 5.88. The van der Waals surface area contributed by atoms with Crippen LogP contribution < -0.4 is 19.9 Å². The molecule has 0 fully saturated rings. The second-order valence-corrected chi connectivity index (χ2v) is 5.01. The number of hydrogen-bond acceptors (Lipinski definition) is 7. The number of rotatable bonds is 5. The molecular formula is C14H17N3O4. The summed E-state index contributed by atoms with van der Waals surface area (Å²) >= 11 is 0. The summed E-state index contributed by atoms with van der Waals surface area (Å²) in [7, 11) is 0. The molecule has 2 aromatic rings. The summed E-state index contributed by atoms with van der Waals surface area (Å²) in [6.45, 7) is 4.12. The Morgan fingerprint density at radius 1 is 1.33 bits per heavy atom. The molecule has 0 spiro atoms. The van der Waals surface area contributed by atoms with Gasteiger partial charge in [-0.05, 0) is 25.0 Å². The number of ether oxygens (including phenoxy) is 3. The van der Waals surface area contributed by atoms with Gasteiger partial charge >= 0.3 is 0 Å². The van der Waals surface area contributed by atoms with E-state index in [9.17, 15) is 0 Å². The van der Waals surface area contributed by atoms with Gasteiger partial charge in [0, 0.05) is 19.0 Å². The predicted molar refractivity (Wildman–Crippen MR) is 73.3 cm³/mol. The molecule has 0 saturated carbocycles. The van der Waals surface area contributed by atoms with Crippen molar-refractivity contribution in [2.45, 2.75) is 32.9 Å². The zero-order valence-corrected chi connectivity index (χ0v) is 12.0. The third-order valence-electron chi connectivity index (χ3n) is 3.02. The lowest BCUT2D eigenvalue weighted by Crippen LogP contribution is -2.18. The minimum absolute atomic E-state index is 0.0140. The van der Waals surface area contributed by atoms with Crippen LogP contribution in [0.2, 0.25) is 0 Å². The summed E-state index contributed by atoms with van der Waals surface area (Å²) in [6, 6.07) is 3.73. The third-order valence-corrected chi connectivity index (χ3v) is 3.02. The third kappa shape index (κ3) is 3.08. The van der Waals surface area contributed by atoms with Crippen LogP contribution in [-0.2, 0) is 13.0 Å². The number of nitrogens with zero attached hydrogens (tertiary/aromatic N) is 2. The van der Waals surface area contributed by atoms with Crippen molar-refractivity contribution in [1.82, 2.24) is 10.1 Å². The summed E-state index contributed by atoms with van der Waals surface area (Å²) in [5.74, 6) is 3.09. The van der Waals surface area contributed by atoms with E-state index in [-0.39, 0.29) is 19.4 Å². The molecule has 0 bridgehead atoms. The van der Waals surface area contributed by atoms with Crippen molar-refractivity contribution in [1.29, 1.82) is 0 Å². The fourth-order valence-corrected chi connectivity index (χ4v) is 2.15. The number of benzene rings is 1. The second kappa shape index (κ2) is 5.61. The fraction of sp³-hybridized carbons (Fsp3) is 0.429. The van der Waals surface area contributed by atoms with Crippen molar-refractivity contribution in [2.75, 3.05) is 6.79 Å². The minimum atomic E-state index is 0.0140. The Kier molecular flexibility index (Phi) is 3.66. The van der Waals surface area contributed by atoms with Crippen LogP contribution in [0.3, 0.4) is 0 Å². The Morgan fingerprint density at radius 3 is 2.76 bits per heavy atom. The van der Waals surface area contributed by atoms with Gasteiger partial charge in [-0.2, -0.15) is 4.98 Å². The molecule has 112 valence electrons. The maximum absolute atomic E-state index is 5.88. The quantitative estimate of drug-likeness (QED) is 0.893. The van der Waals surface area contributed by atoms with Crippen LogP contribution in [0, 0.1) is 6.92 Å². The molecule has 1 aromatic heterocycles. The normalized spacial score (nSPS) is 14.2. The highest BCUT2D eigenvalue weighted by atomic mass is 16.7. The van der Waals surface area contributed by atoms with Gasteiger partial charge in [0.25, 0.3) is 0 Å². The Hall–Kier alpha value is -2.28. The molecule has 1 aromatic carbocycles. The highest BCUT2D eigenvalue weighted by Gasteiger charge is 2.19. The van der Waals surface area contributed by atoms with Gasteiger partial charge < -0.3 is 24.5 Å². The Balaban J connectivity index is 1.81. The van der Waals surface area contributed by atoms with Crippen LogP contribution in [0.5, 0.6) is 17.2 Å². The summed E-state index contributed by atoms with van der Waals surface area (Å²) in [6.07, 6.45) is 0.678. The molecule has 2 N–H and O–H groups in total. The first-order valence-corrected chi connectivity index (χ1v) is 6.72. The van der Waals surface area contributed by atoms with Crippen molar-refractivity contribution < 1.29 is 18.7 Å². The maximum Gasteiger partial charge on any atom is 0.231 e.